The zero-order valence-electron chi connectivity index (χ0n) is 18.7. The van der Waals surface area contributed by atoms with Crippen LogP contribution in [0.1, 0.15) is 49.2 Å². The molecule has 0 saturated carbocycles. The highest BCUT2D eigenvalue weighted by Crippen LogP contribution is 2.27. The second kappa shape index (κ2) is 10.0. The lowest BCUT2D eigenvalue weighted by Gasteiger charge is -2.19. The summed E-state index contributed by atoms with van der Waals surface area (Å²) in [6.07, 6.45) is 0. The van der Waals surface area contributed by atoms with Crippen LogP contribution in [0.3, 0.4) is 0 Å². The monoisotopic (exact) mass is 455 g/mol. The second-order valence-electron chi connectivity index (χ2n) is 8.40. The van der Waals surface area contributed by atoms with Gasteiger partial charge in [0.25, 0.3) is 5.91 Å². The topological polar surface area (TPSA) is 47.6 Å². The molecule has 1 amide bonds. The molecule has 0 radical (unpaired) electrons. The van der Waals surface area contributed by atoms with Crippen molar-refractivity contribution in [2.75, 3.05) is 11.9 Å². The fraction of sp³-hybridized carbons (Fsp3) is 0.269. The highest BCUT2D eigenvalue weighted by molar-refractivity contribution is 6.31. The van der Waals surface area contributed by atoms with Gasteiger partial charge in [-0.05, 0) is 66.4 Å². The Bertz CT molecular complexity index is 1090. The van der Waals surface area contributed by atoms with Gasteiger partial charge in [-0.15, -0.1) is 0 Å². The third-order valence-corrected chi connectivity index (χ3v) is 5.20. The molecule has 0 bridgehead atoms. The Morgan fingerprint density at radius 2 is 1.72 bits per heavy atom. The molecular weight excluding hydrogens is 429 g/mol. The van der Waals surface area contributed by atoms with E-state index in [2.05, 4.69) is 38.2 Å². The predicted molar refractivity (Wildman–Crippen MR) is 126 cm³/mol. The van der Waals surface area contributed by atoms with Crippen molar-refractivity contribution in [2.45, 2.75) is 39.7 Å². The number of hydrogen-bond acceptors (Lipinski definition) is 3. The minimum Gasteiger partial charge on any atom is -0.493 e. The number of hydrogen-bond donors (Lipinski definition) is 1. The van der Waals surface area contributed by atoms with Crippen molar-refractivity contribution < 1.29 is 18.7 Å². The summed E-state index contributed by atoms with van der Waals surface area (Å²) in [6.45, 7) is 9.12. The van der Waals surface area contributed by atoms with Crippen LogP contribution in [0.25, 0.3) is 0 Å². The lowest BCUT2D eigenvalue weighted by Crippen LogP contribution is -2.13. The molecule has 4 nitrogen and oxygen atoms in total. The van der Waals surface area contributed by atoms with Crippen molar-refractivity contribution in [2.24, 2.45) is 0 Å². The van der Waals surface area contributed by atoms with Gasteiger partial charge in [-0.3, -0.25) is 4.79 Å². The molecule has 3 aromatic rings. The quantitative estimate of drug-likeness (QED) is 0.417. The van der Waals surface area contributed by atoms with E-state index in [0.717, 1.165) is 11.3 Å². The fourth-order valence-corrected chi connectivity index (χ4v) is 3.30. The van der Waals surface area contributed by atoms with Crippen LogP contribution in [-0.4, -0.2) is 12.5 Å². The zero-order chi connectivity index (χ0) is 23.3. The van der Waals surface area contributed by atoms with Crippen LogP contribution in [0.2, 0.25) is 5.02 Å². The van der Waals surface area contributed by atoms with Gasteiger partial charge in [-0.1, -0.05) is 44.5 Å². The number of benzene rings is 3. The molecule has 0 saturated heterocycles. The van der Waals surface area contributed by atoms with Crippen molar-refractivity contribution in [3.63, 3.8) is 0 Å². The number of anilines is 1. The van der Waals surface area contributed by atoms with Gasteiger partial charge in [0.05, 0.1) is 11.6 Å². The lowest BCUT2D eigenvalue weighted by molar-refractivity contribution is 0.102. The number of rotatable bonds is 7. The first-order valence-corrected chi connectivity index (χ1v) is 10.8. The average molecular weight is 456 g/mol. The summed E-state index contributed by atoms with van der Waals surface area (Å²) < 4.78 is 25.0. The molecule has 0 fully saturated rings. The molecule has 0 atom stereocenters. The molecule has 0 aliphatic rings. The molecule has 0 unspecified atom stereocenters. The Hall–Kier alpha value is -3.05. The standard InChI is InChI=1S/C26H27ClFNO3/c1-5-31-24-13-6-17(25(30)29-20-9-12-23(28)22(27)15-20)14-18(24)16-32-21-10-7-19(8-11-21)26(2,3)4/h6-15H,5,16H2,1-4H3,(H,29,30). The van der Waals surface area contributed by atoms with Gasteiger partial charge in [-0.25, -0.2) is 4.39 Å². The van der Waals surface area contributed by atoms with E-state index in [1.807, 2.05) is 19.1 Å². The third-order valence-electron chi connectivity index (χ3n) is 4.91. The molecule has 0 aromatic heterocycles. The number of carbonyl (C=O) groups excluding carboxylic acids is 1. The number of carbonyl (C=O) groups is 1. The van der Waals surface area contributed by atoms with Crippen LogP contribution in [0.15, 0.2) is 60.7 Å². The number of ether oxygens (including phenoxy) is 2. The van der Waals surface area contributed by atoms with E-state index in [4.69, 9.17) is 21.1 Å². The third kappa shape index (κ3) is 6.01. The van der Waals surface area contributed by atoms with Gasteiger partial charge in [0.2, 0.25) is 0 Å². The average Bonchev–Trinajstić information content (AvgIpc) is 2.75. The van der Waals surface area contributed by atoms with Crippen LogP contribution in [0, 0.1) is 5.82 Å². The van der Waals surface area contributed by atoms with E-state index in [1.165, 1.54) is 23.8 Å². The van der Waals surface area contributed by atoms with Crippen LogP contribution >= 0.6 is 11.6 Å². The Labute approximate surface area is 193 Å². The maximum Gasteiger partial charge on any atom is 0.255 e. The maximum absolute atomic E-state index is 13.4. The molecule has 3 rings (SSSR count). The van der Waals surface area contributed by atoms with E-state index in [0.29, 0.717) is 23.6 Å². The largest absolute Gasteiger partial charge is 0.493 e. The molecule has 0 aliphatic heterocycles. The van der Waals surface area contributed by atoms with E-state index in [-0.39, 0.29) is 23.0 Å². The molecule has 32 heavy (non-hydrogen) atoms. The first-order chi connectivity index (χ1) is 15.2. The van der Waals surface area contributed by atoms with Crippen LogP contribution in [0.5, 0.6) is 11.5 Å². The number of nitrogens with one attached hydrogen (secondary N) is 1. The second-order valence-corrected chi connectivity index (χ2v) is 8.81. The minimum atomic E-state index is -0.541. The van der Waals surface area contributed by atoms with Crippen molar-refractivity contribution in [1.29, 1.82) is 0 Å². The zero-order valence-corrected chi connectivity index (χ0v) is 19.4. The van der Waals surface area contributed by atoms with Crippen molar-refractivity contribution in [3.05, 3.63) is 88.2 Å². The fourth-order valence-electron chi connectivity index (χ4n) is 3.12. The SMILES string of the molecule is CCOc1ccc(C(=O)Nc2ccc(F)c(Cl)c2)cc1COc1ccc(C(C)(C)C)cc1. The highest BCUT2D eigenvalue weighted by atomic mass is 35.5. The molecule has 168 valence electrons. The Balaban J connectivity index is 1.76. The summed E-state index contributed by atoms with van der Waals surface area (Å²) in [5.41, 5.74) is 2.87. The normalized spacial score (nSPS) is 11.2. The summed E-state index contributed by atoms with van der Waals surface area (Å²) in [5.74, 6) is 0.503. The minimum absolute atomic E-state index is 0.0546. The van der Waals surface area contributed by atoms with E-state index in [1.54, 1.807) is 18.2 Å². The maximum atomic E-state index is 13.4. The first kappa shape index (κ1) is 23.6. The summed E-state index contributed by atoms with van der Waals surface area (Å²) >= 11 is 5.80. The summed E-state index contributed by atoms with van der Waals surface area (Å²) in [4.78, 5) is 12.7. The van der Waals surface area contributed by atoms with Crippen molar-refractivity contribution in [3.8, 4) is 11.5 Å². The van der Waals surface area contributed by atoms with Gasteiger partial charge in [0.15, 0.2) is 0 Å². The molecule has 6 heteroatoms. The van der Waals surface area contributed by atoms with Crippen LogP contribution in [0.4, 0.5) is 10.1 Å². The molecule has 0 heterocycles. The van der Waals surface area contributed by atoms with Gasteiger partial charge in [0, 0.05) is 16.8 Å². The van der Waals surface area contributed by atoms with E-state index >= 15 is 0 Å². The van der Waals surface area contributed by atoms with Gasteiger partial charge < -0.3 is 14.8 Å². The Morgan fingerprint density at radius 3 is 2.34 bits per heavy atom. The lowest BCUT2D eigenvalue weighted by atomic mass is 9.87. The molecule has 3 aromatic carbocycles. The first-order valence-electron chi connectivity index (χ1n) is 10.4. The molecule has 1 N–H and O–H groups in total. The van der Waals surface area contributed by atoms with Crippen LogP contribution in [-0.2, 0) is 12.0 Å². The molecular formula is C26H27ClFNO3. The van der Waals surface area contributed by atoms with Gasteiger partial charge >= 0.3 is 0 Å². The van der Waals surface area contributed by atoms with Crippen molar-refractivity contribution in [1.82, 2.24) is 0 Å². The highest BCUT2D eigenvalue weighted by Gasteiger charge is 2.15. The summed E-state index contributed by atoms with van der Waals surface area (Å²) in [5, 5.41) is 2.67. The number of amides is 1. The summed E-state index contributed by atoms with van der Waals surface area (Å²) in [6, 6.07) is 17.2. The van der Waals surface area contributed by atoms with E-state index in [9.17, 15) is 9.18 Å². The van der Waals surface area contributed by atoms with Crippen LogP contribution < -0.4 is 14.8 Å². The Morgan fingerprint density at radius 1 is 1.00 bits per heavy atom. The molecule has 0 aliphatic carbocycles. The summed E-state index contributed by atoms with van der Waals surface area (Å²) in [7, 11) is 0. The smallest absolute Gasteiger partial charge is 0.255 e. The van der Waals surface area contributed by atoms with Gasteiger partial charge in [-0.2, -0.15) is 0 Å². The molecule has 0 spiro atoms. The predicted octanol–water partition coefficient (Wildman–Crippen LogP) is 7.01. The Kier molecular flexibility index (Phi) is 7.41. The van der Waals surface area contributed by atoms with E-state index < -0.39 is 5.82 Å². The van der Waals surface area contributed by atoms with Gasteiger partial charge in [0.1, 0.15) is 23.9 Å². The van der Waals surface area contributed by atoms with Crippen molar-refractivity contribution >= 4 is 23.2 Å². The number of halogens is 2.